The third kappa shape index (κ3) is 4.51. The normalized spacial score (nSPS) is 15.2. The highest BCUT2D eigenvalue weighted by atomic mass is 14.9. The van der Waals surface area contributed by atoms with E-state index in [-0.39, 0.29) is 0 Å². The molecule has 3 nitrogen and oxygen atoms in total. The summed E-state index contributed by atoms with van der Waals surface area (Å²) in [6.07, 6.45) is 6.69. The van der Waals surface area contributed by atoms with E-state index in [4.69, 9.17) is 0 Å². The fourth-order valence-corrected chi connectivity index (χ4v) is 3.45. The molecule has 0 atom stereocenters. The van der Waals surface area contributed by atoms with Crippen LogP contribution in [-0.2, 0) is 0 Å². The lowest BCUT2D eigenvalue weighted by Crippen LogP contribution is -2.22. The number of rotatable bonds is 7. The van der Waals surface area contributed by atoms with E-state index in [1.54, 1.807) is 0 Å². The standard InChI is InChI=1S/C21H29N3/c1-22-14-15-23-21-16-19(24-18-10-6-3-7-11-18)12-13-20(21)17-8-4-2-5-9-17/h2,4-5,8-9,12-13,16,18,22-24H,3,6-7,10-11,14-15H2,1H3. The molecule has 0 radical (unpaired) electrons. The zero-order valence-corrected chi connectivity index (χ0v) is 14.6. The van der Waals surface area contributed by atoms with Crippen molar-refractivity contribution in [2.75, 3.05) is 30.8 Å². The lowest BCUT2D eigenvalue weighted by Gasteiger charge is -2.24. The predicted octanol–water partition coefficient (Wildman–Crippen LogP) is 4.73. The van der Waals surface area contributed by atoms with Gasteiger partial charge < -0.3 is 16.0 Å². The van der Waals surface area contributed by atoms with Gasteiger partial charge in [-0.25, -0.2) is 0 Å². The minimum Gasteiger partial charge on any atom is -0.383 e. The van der Waals surface area contributed by atoms with Crippen LogP contribution in [0.25, 0.3) is 11.1 Å². The van der Waals surface area contributed by atoms with Gasteiger partial charge in [-0.15, -0.1) is 0 Å². The fourth-order valence-electron chi connectivity index (χ4n) is 3.45. The fraction of sp³-hybridized carbons (Fsp3) is 0.429. The number of likely N-dealkylation sites (N-methyl/N-ethyl adjacent to an activating group) is 1. The molecular formula is C21H29N3. The molecule has 1 aliphatic carbocycles. The average Bonchev–Trinajstić information content (AvgIpc) is 2.64. The smallest absolute Gasteiger partial charge is 0.0441 e. The van der Waals surface area contributed by atoms with Crippen LogP contribution in [0.4, 0.5) is 11.4 Å². The van der Waals surface area contributed by atoms with E-state index in [0.717, 1.165) is 13.1 Å². The summed E-state index contributed by atoms with van der Waals surface area (Å²) in [4.78, 5) is 0. The Morgan fingerprint density at radius 1 is 0.917 bits per heavy atom. The van der Waals surface area contributed by atoms with Crippen molar-refractivity contribution in [1.82, 2.24) is 5.32 Å². The van der Waals surface area contributed by atoms with Crippen LogP contribution in [0.1, 0.15) is 32.1 Å². The SMILES string of the molecule is CNCCNc1cc(NC2CCCCC2)ccc1-c1ccccc1. The monoisotopic (exact) mass is 323 g/mol. The van der Waals surface area contributed by atoms with Gasteiger partial charge in [0.2, 0.25) is 0 Å². The van der Waals surface area contributed by atoms with Gasteiger partial charge in [0.15, 0.2) is 0 Å². The van der Waals surface area contributed by atoms with Crippen LogP contribution in [-0.4, -0.2) is 26.2 Å². The molecule has 0 heterocycles. The summed E-state index contributed by atoms with van der Waals surface area (Å²) in [5, 5.41) is 10.5. The Kier molecular flexibility index (Phi) is 6.13. The molecule has 3 heteroatoms. The maximum absolute atomic E-state index is 3.73. The first-order valence-electron chi connectivity index (χ1n) is 9.21. The Bertz CT molecular complexity index is 618. The molecule has 1 fully saturated rings. The molecule has 3 N–H and O–H groups in total. The van der Waals surface area contributed by atoms with Crippen LogP contribution < -0.4 is 16.0 Å². The molecule has 0 aromatic heterocycles. The summed E-state index contributed by atoms with van der Waals surface area (Å²) in [6.45, 7) is 1.87. The second kappa shape index (κ2) is 8.74. The van der Waals surface area contributed by atoms with Crippen LogP contribution in [0.3, 0.4) is 0 Å². The zero-order chi connectivity index (χ0) is 16.6. The van der Waals surface area contributed by atoms with Crippen molar-refractivity contribution in [1.29, 1.82) is 0 Å². The minimum atomic E-state index is 0.631. The molecule has 0 aliphatic heterocycles. The largest absolute Gasteiger partial charge is 0.383 e. The van der Waals surface area contributed by atoms with Crippen molar-refractivity contribution in [2.45, 2.75) is 38.1 Å². The van der Waals surface area contributed by atoms with E-state index in [1.807, 2.05) is 7.05 Å². The first-order chi connectivity index (χ1) is 11.9. The molecule has 0 saturated heterocycles. The molecule has 128 valence electrons. The van der Waals surface area contributed by atoms with Gasteiger partial charge in [-0.05, 0) is 37.6 Å². The van der Waals surface area contributed by atoms with Crippen molar-refractivity contribution in [3.63, 3.8) is 0 Å². The number of anilines is 2. The second-order valence-corrected chi connectivity index (χ2v) is 6.64. The third-order valence-electron chi connectivity index (χ3n) is 4.77. The van der Waals surface area contributed by atoms with Gasteiger partial charge in [0.25, 0.3) is 0 Å². The highest BCUT2D eigenvalue weighted by Crippen LogP contribution is 2.31. The lowest BCUT2D eigenvalue weighted by molar-refractivity contribution is 0.463. The highest BCUT2D eigenvalue weighted by Gasteiger charge is 2.14. The number of hydrogen-bond donors (Lipinski definition) is 3. The summed E-state index contributed by atoms with van der Waals surface area (Å²) in [7, 11) is 1.99. The number of hydrogen-bond acceptors (Lipinski definition) is 3. The Labute approximate surface area is 145 Å². The molecule has 1 saturated carbocycles. The number of nitrogens with one attached hydrogen (secondary N) is 3. The molecule has 24 heavy (non-hydrogen) atoms. The summed E-state index contributed by atoms with van der Waals surface area (Å²) in [5.41, 5.74) is 4.96. The second-order valence-electron chi connectivity index (χ2n) is 6.64. The summed E-state index contributed by atoms with van der Waals surface area (Å²) < 4.78 is 0. The summed E-state index contributed by atoms with van der Waals surface area (Å²) >= 11 is 0. The van der Waals surface area contributed by atoms with E-state index in [1.165, 1.54) is 54.6 Å². The Balaban J connectivity index is 1.80. The van der Waals surface area contributed by atoms with Gasteiger partial charge in [0, 0.05) is 36.1 Å². The summed E-state index contributed by atoms with van der Waals surface area (Å²) in [6, 6.07) is 18.0. The number of benzene rings is 2. The first kappa shape index (κ1) is 16.8. The van der Waals surface area contributed by atoms with Gasteiger partial charge in [0.1, 0.15) is 0 Å². The van der Waals surface area contributed by atoms with Gasteiger partial charge in [0.05, 0.1) is 0 Å². The van der Waals surface area contributed by atoms with Crippen LogP contribution >= 0.6 is 0 Å². The lowest BCUT2D eigenvalue weighted by atomic mass is 9.95. The summed E-state index contributed by atoms with van der Waals surface area (Å²) in [5.74, 6) is 0. The van der Waals surface area contributed by atoms with E-state index in [9.17, 15) is 0 Å². The van der Waals surface area contributed by atoms with Crippen LogP contribution in [0.2, 0.25) is 0 Å². The molecule has 0 amide bonds. The van der Waals surface area contributed by atoms with E-state index < -0.39 is 0 Å². The Morgan fingerprint density at radius 2 is 1.71 bits per heavy atom. The molecular weight excluding hydrogens is 294 g/mol. The predicted molar refractivity (Wildman–Crippen MR) is 105 cm³/mol. The van der Waals surface area contributed by atoms with Gasteiger partial charge in [-0.3, -0.25) is 0 Å². The maximum Gasteiger partial charge on any atom is 0.0441 e. The minimum absolute atomic E-state index is 0.631. The van der Waals surface area contributed by atoms with Crippen molar-refractivity contribution < 1.29 is 0 Å². The molecule has 2 aromatic carbocycles. The van der Waals surface area contributed by atoms with E-state index >= 15 is 0 Å². The topological polar surface area (TPSA) is 36.1 Å². The van der Waals surface area contributed by atoms with E-state index in [0.29, 0.717) is 6.04 Å². The average molecular weight is 323 g/mol. The quantitative estimate of drug-likeness (QED) is 0.645. The molecule has 3 rings (SSSR count). The van der Waals surface area contributed by atoms with Gasteiger partial charge in [-0.2, -0.15) is 0 Å². The van der Waals surface area contributed by atoms with E-state index in [2.05, 4.69) is 64.5 Å². The molecule has 0 bridgehead atoms. The molecule has 0 spiro atoms. The Hall–Kier alpha value is -2.00. The van der Waals surface area contributed by atoms with Gasteiger partial charge >= 0.3 is 0 Å². The molecule has 2 aromatic rings. The van der Waals surface area contributed by atoms with Gasteiger partial charge in [-0.1, -0.05) is 55.7 Å². The van der Waals surface area contributed by atoms with Crippen LogP contribution in [0.5, 0.6) is 0 Å². The molecule has 1 aliphatic rings. The van der Waals surface area contributed by atoms with Crippen molar-refractivity contribution in [3.8, 4) is 11.1 Å². The van der Waals surface area contributed by atoms with Crippen LogP contribution in [0.15, 0.2) is 48.5 Å². The van der Waals surface area contributed by atoms with Crippen molar-refractivity contribution in [3.05, 3.63) is 48.5 Å². The molecule has 0 unspecified atom stereocenters. The zero-order valence-electron chi connectivity index (χ0n) is 14.6. The van der Waals surface area contributed by atoms with Crippen molar-refractivity contribution >= 4 is 11.4 Å². The van der Waals surface area contributed by atoms with Crippen LogP contribution in [0, 0.1) is 0 Å². The first-order valence-corrected chi connectivity index (χ1v) is 9.21. The third-order valence-corrected chi connectivity index (χ3v) is 4.77. The highest BCUT2D eigenvalue weighted by molar-refractivity contribution is 5.80. The maximum atomic E-state index is 3.73. The Morgan fingerprint density at radius 3 is 2.46 bits per heavy atom. The van der Waals surface area contributed by atoms with Crippen molar-refractivity contribution in [2.24, 2.45) is 0 Å².